The fourth-order valence-electron chi connectivity index (χ4n) is 1.39. The van der Waals surface area contributed by atoms with Crippen molar-refractivity contribution in [2.75, 3.05) is 0 Å². The summed E-state index contributed by atoms with van der Waals surface area (Å²) in [7, 11) is 0. The van der Waals surface area contributed by atoms with Crippen LogP contribution in [0.2, 0.25) is 5.02 Å². The van der Waals surface area contributed by atoms with Gasteiger partial charge in [0.25, 0.3) is 0 Å². The van der Waals surface area contributed by atoms with Crippen LogP contribution in [-0.2, 0) is 4.84 Å². The minimum atomic E-state index is -0.736. The van der Waals surface area contributed by atoms with Gasteiger partial charge in [-0.3, -0.25) is 0 Å². The fourth-order valence-corrected chi connectivity index (χ4v) is 1.52. The number of carbonyl (C=O) groups is 1. The molecule has 0 saturated heterocycles. The first kappa shape index (κ1) is 13.7. The van der Waals surface area contributed by atoms with E-state index < -0.39 is 5.97 Å². The monoisotopic (exact) mass is 285 g/mol. The van der Waals surface area contributed by atoms with Gasteiger partial charge in [0, 0.05) is 11.2 Å². The lowest BCUT2D eigenvalue weighted by atomic mass is 10.2. The number of oxime groups is 1. The lowest BCUT2D eigenvalue weighted by Crippen LogP contribution is -2.05. The molecule has 1 heterocycles. The highest BCUT2D eigenvalue weighted by atomic mass is 35.5. The molecular weight excluding hydrogens is 278 g/mol. The Balaban J connectivity index is 2.05. The van der Waals surface area contributed by atoms with Crippen molar-refractivity contribution in [2.45, 2.75) is 0 Å². The summed E-state index contributed by atoms with van der Waals surface area (Å²) < 4.78 is 0. The van der Waals surface area contributed by atoms with E-state index >= 15 is 0 Å². The van der Waals surface area contributed by atoms with Crippen molar-refractivity contribution in [3.8, 4) is 6.07 Å². The smallest absolute Gasteiger partial charge is 0.313 e. The van der Waals surface area contributed by atoms with E-state index in [0.29, 0.717) is 5.02 Å². The molecule has 2 aromatic rings. The minimum Gasteiger partial charge on any atom is -0.313 e. The molecule has 0 fully saturated rings. The van der Waals surface area contributed by atoms with Gasteiger partial charge in [-0.25, -0.2) is 9.78 Å². The first-order chi connectivity index (χ1) is 9.70. The first-order valence-corrected chi connectivity index (χ1v) is 5.94. The summed E-state index contributed by atoms with van der Waals surface area (Å²) in [6.07, 6.45) is 2.79. The number of pyridine rings is 1. The average Bonchev–Trinajstić information content (AvgIpc) is 2.49. The fraction of sp³-hybridized carbons (Fsp3) is 0. The van der Waals surface area contributed by atoms with E-state index in [1.54, 1.807) is 30.3 Å². The third kappa shape index (κ3) is 3.40. The molecule has 5 nitrogen and oxygen atoms in total. The number of carbonyl (C=O) groups excluding carboxylic acids is 1. The van der Waals surface area contributed by atoms with E-state index in [0.717, 1.165) is 5.56 Å². The maximum Gasteiger partial charge on any atom is 0.368 e. The van der Waals surface area contributed by atoms with E-state index in [4.69, 9.17) is 21.7 Å². The van der Waals surface area contributed by atoms with E-state index in [2.05, 4.69) is 10.1 Å². The van der Waals surface area contributed by atoms with Gasteiger partial charge in [0.2, 0.25) is 0 Å². The maximum atomic E-state index is 11.7. The molecule has 0 N–H and O–H groups in total. The van der Waals surface area contributed by atoms with Crippen molar-refractivity contribution in [2.24, 2.45) is 5.16 Å². The van der Waals surface area contributed by atoms with Gasteiger partial charge in [-0.05, 0) is 29.8 Å². The van der Waals surface area contributed by atoms with Crippen LogP contribution < -0.4 is 0 Å². The standard InChI is InChI=1S/C14H8ClN3O2/c15-11-5-3-10(4-6-11)9-18-20-14(19)12-2-1-7-17-13(12)8-16/h1-7,9H/b18-9+. The van der Waals surface area contributed by atoms with Gasteiger partial charge in [-0.2, -0.15) is 5.26 Å². The van der Waals surface area contributed by atoms with Gasteiger partial charge in [-0.1, -0.05) is 28.9 Å². The summed E-state index contributed by atoms with van der Waals surface area (Å²) in [5.41, 5.74) is 0.802. The Labute approximate surface area is 120 Å². The van der Waals surface area contributed by atoms with Gasteiger partial charge in [-0.15, -0.1) is 0 Å². The zero-order valence-electron chi connectivity index (χ0n) is 10.2. The van der Waals surface area contributed by atoms with Crippen LogP contribution in [-0.4, -0.2) is 17.2 Å². The van der Waals surface area contributed by atoms with Crippen LogP contribution >= 0.6 is 11.6 Å². The Hall–Kier alpha value is -2.71. The minimum absolute atomic E-state index is 0.000747. The molecule has 1 aromatic heterocycles. The summed E-state index contributed by atoms with van der Waals surface area (Å²) >= 11 is 5.74. The van der Waals surface area contributed by atoms with Crippen LogP contribution in [0.1, 0.15) is 21.6 Å². The zero-order valence-corrected chi connectivity index (χ0v) is 10.9. The molecule has 2 rings (SSSR count). The topological polar surface area (TPSA) is 75.3 Å². The molecule has 0 amide bonds. The summed E-state index contributed by atoms with van der Waals surface area (Å²) in [5, 5.41) is 13.0. The molecular formula is C14H8ClN3O2. The number of benzene rings is 1. The molecule has 0 aliphatic carbocycles. The summed E-state index contributed by atoms with van der Waals surface area (Å²) in [6, 6.07) is 11.6. The van der Waals surface area contributed by atoms with Crippen molar-refractivity contribution in [1.82, 2.24) is 4.98 Å². The number of nitrogens with zero attached hydrogens (tertiary/aromatic N) is 3. The number of hydrogen-bond acceptors (Lipinski definition) is 5. The Morgan fingerprint density at radius 2 is 2.10 bits per heavy atom. The molecule has 0 bridgehead atoms. The Morgan fingerprint density at radius 3 is 2.80 bits per heavy atom. The SMILES string of the molecule is N#Cc1ncccc1C(=O)O/N=C/c1ccc(Cl)cc1. The zero-order chi connectivity index (χ0) is 14.4. The van der Waals surface area contributed by atoms with Crippen LogP contribution in [0.15, 0.2) is 47.8 Å². The second-order valence-corrected chi connectivity index (χ2v) is 4.11. The van der Waals surface area contributed by atoms with Crippen molar-refractivity contribution in [1.29, 1.82) is 5.26 Å². The number of nitriles is 1. The highest BCUT2D eigenvalue weighted by Crippen LogP contribution is 2.09. The van der Waals surface area contributed by atoms with Crippen molar-refractivity contribution >= 4 is 23.8 Å². The molecule has 0 saturated carbocycles. The van der Waals surface area contributed by atoms with E-state index in [1.807, 2.05) is 6.07 Å². The molecule has 98 valence electrons. The molecule has 0 aliphatic heterocycles. The predicted octanol–water partition coefficient (Wildman–Crippen LogP) is 2.80. The largest absolute Gasteiger partial charge is 0.368 e. The second kappa shape index (κ2) is 6.45. The lowest BCUT2D eigenvalue weighted by Gasteiger charge is -1.99. The second-order valence-electron chi connectivity index (χ2n) is 3.68. The molecule has 1 aromatic carbocycles. The van der Waals surface area contributed by atoms with Gasteiger partial charge in [0.05, 0.1) is 11.8 Å². The van der Waals surface area contributed by atoms with Crippen LogP contribution in [0, 0.1) is 11.3 Å². The van der Waals surface area contributed by atoms with Gasteiger partial charge in [0.15, 0.2) is 5.69 Å². The molecule has 0 radical (unpaired) electrons. The Morgan fingerprint density at radius 1 is 1.35 bits per heavy atom. The van der Waals surface area contributed by atoms with Crippen LogP contribution in [0.3, 0.4) is 0 Å². The van der Waals surface area contributed by atoms with Crippen LogP contribution in [0.25, 0.3) is 0 Å². The highest BCUT2D eigenvalue weighted by Gasteiger charge is 2.13. The van der Waals surface area contributed by atoms with E-state index in [-0.39, 0.29) is 11.3 Å². The molecule has 0 unspecified atom stereocenters. The van der Waals surface area contributed by atoms with Crippen molar-refractivity contribution < 1.29 is 9.63 Å². The molecule has 0 aliphatic rings. The van der Waals surface area contributed by atoms with Gasteiger partial charge < -0.3 is 4.84 Å². The highest BCUT2D eigenvalue weighted by molar-refractivity contribution is 6.30. The van der Waals surface area contributed by atoms with Crippen LogP contribution in [0.5, 0.6) is 0 Å². The molecule has 0 atom stereocenters. The Kier molecular flexibility index (Phi) is 4.43. The molecule has 6 heteroatoms. The third-order valence-corrected chi connectivity index (χ3v) is 2.59. The lowest BCUT2D eigenvalue weighted by molar-refractivity contribution is 0.0518. The molecule has 20 heavy (non-hydrogen) atoms. The summed E-state index contributed by atoms with van der Waals surface area (Å²) in [5.74, 6) is -0.736. The van der Waals surface area contributed by atoms with Gasteiger partial charge >= 0.3 is 5.97 Å². The van der Waals surface area contributed by atoms with Crippen LogP contribution in [0.4, 0.5) is 0 Å². The average molecular weight is 286 g/mol. The van der Waals surface area contributed by atoms with Crippen molar-refractivity contribution in [3.63, 3.8) is 0 Å². The Bertz CT molecular complexity index is 690. The summed E-state index contributed by atoms with van der Waals surface area (Å²) in [6.45, 7) is 0. The third-order valence-electron chi connectivity index (χ3n) is 2.34. The number of hydrogen-bond donors (Lipinski definition) is 0. The maximum absolute atomic E-state index is 11.7. The normalized spacial score (nSPS) is 10.2. The summed E-state index contributed by atoms with van der Waals surface area (Å²) in [4.78, 5) is 20.2. The number of aromatic nitrogens is 1. The van der Waals surface area contributed by atoms with Crippen molar-refractivity contribution in [3.05, 3.63) is 64.4 Å². The number of rotatable bonds is 3. The quantitative estimate of drug-likeness (QED) is 0.494. The van der Waals surface area contributed by atoms with E-state index in [1.165, 1.54) is 18.5 Å². The van der Waals surface area contributed by atoms with Gasteiger partial charge in [0.1, 0.15) is 6.07 Å². The predicted molar refractivity (Wildman–Crippen MR) is 73.4 cm³/mol. The molecule has 0 spiro atoms. The number of halogens is 1. The van der Waals surface area contributed by atoms with E-state index in [9.17, 15) is 4.79 Å². The first-order valence-electron chi connectivity index (χ1n) is 5.56.